The van der Waals surface area contributed by atoms with Crippen LogP contribution < -0.4 is 21.8 Å². The van der Waals surface area contributed by atoms with E-state index in [0.717, 1.165) is 43.5 Å². The van der Waals surface area contributed by atoms with E-state index < -0.39 is 5.54 Å². The van der Waals surface area contributed by atoms with Crippen molar-refractivity contribution in [2.75, 3.05) is 18.4 Å². The predicted molar refractivity (Wildman–Crippen MR) is 103 cm³/mol. The summed E-state index contributed by atoms with van der Waals surface area (Å²) in [7, 11) is 0. The number of aldehydes is 1. The minimum atomic E-state index is -0.446. The number of carbonyl (C=O) groups is 1. The van der Waals surface area contributed by atoms with Gasteiger partial charge in [-0.05, 0) is 55.8 Å². The van der Waals surface area contributed by atoms with E-state index in [2.05, 4.69) is 26.1 Å². The highest BCUT2D eigenvalue weighted by Crippen LogP contribution is 2.25. The molecule has 136 valence electrons. The molecule has 0 atom stereocenters. The molecule has 1 fully saturated rings. The van der Waals surface area contributed by atoms with Crippen LogP contribution in [-0.2, 0) is 6.54 Å². The van der Waals surface area contributed by atoms with Crippen LogP contribution in [0.1, 0.15) is 28.8 Å². The van der Waals surface area contributed by atoms with E-state index in [1.54, 1.807) is 18.5 Å². The first-order chi connectivity index (χ1) is 12.7. The van der Waals surface area contributed by atoms with E-state index in [1.807, 2.05) is 30.3 Å². The average Bonchev–Trinajstić information content (AvgIpc) is 2.69. The maximum atomic E-state index is 11.0. The third kappa shape index (κ3) is 4.37. The van der Waals surface area contributed by atoms with E-state index in [4.69, 9.17) is 5.73 Å². The number of nitrogens with one attached hydrogen (secondary N) is 3. The first-order valence-electron chi connectivity index (χ1n) is 8.71. The summed E-state index contributed by atoms with van der Waals surface area (Å²) in [5, 5.41) is 11.3. The molecule has 0 bridgehead atoms. The summed E-state index contributed by atoms with van der Waals surface area (Å²) in [4.78, 5) is 15.0. The Morgan fingerprint density at radius 3 is 2.77 bits per heavy atom. The van der Waals surface area contributed by atoms with Crippen molar-refractivity contribution >= 4 is 17.8 Å². The van der Waals surface area contributed by atoms with Crippen molar-refractivity contribution in [1.29, 1.82) is 0 Å². The highest BCUT2D eigenvalue weighted by molar-refractivity contribution is 5.93. The minimum absolute atomic E-state index is 0.446. The average molecular weight is 352 g/mol. The van der Waals surface area contributed by atoms with E-state index in [9.17, 15) is 4.79 Å². The van der Waals surface area contributed by atoms with Gasteiger partial charge in [0.25, 0.3) is 0 Å². The highest BCUT2D eigenvalue weighted by Gasteiger charge is 2.36. The molecule has 1 aliphatic rings. The molecule has 1 aromatic carbocycles. The molecule has 2 aromatic rings. The Kier molecular flexibility index (Phi) is 5.80. The van der Waals surface area contributed by atoms with Gasteiger partial charge in [-0.2, -0.15) is 5.10 Å². The maximum absolute atomic E-state index is 11.0. The summed E-state index contributed by atoms with van der Waals surface area (Å²) in [5.41, 5.74) is 11.6. The van der Waals surface area contributed by atoms with Crippen molar-refractivity contribution in [2.45, 2.75) is 24.9 Å². The van der Waals surface area contributed by atoms with Gasteiger partial charge in [0, 0.05) is 23.6 Å². The summed E-state index contributed by atoms with van der Waals surface area (Å²) in [5.74, 6) is 0.518. The van der Waals surface area contributed by atoms with E-state index in [1.165, 1.54) is 0 Å². The number of nitrogens with zero attached hydrogens (tertiary/aromatic N) is 2. The van der Waals surface area contributed by atoms with Crippen molar-refractivity contribution in [2.24, 2.45) is 10.8 Å². The molecule has 0 saturated carbocycles. The molecule has 0 unspecified atom stereocenters. The molecule has 0 spiro atoms. The van der Waals surface area contributed by atoms with Gasteiger partial charge in [-0.15, -0.1) is 0 Å². The second-order valence-corrected chi connectivity index (χ2v) is 6.39. The Hall–Kier alpha value is -2.93. The molecule has 7 heteroatoms. The van der Waals surface area contributed by atoms with Crippen LogP contribution in [0.2, 0.25) is 0 Å². The fourth-order valence-corrected chi connectivity index (χ4v) is 3.09. The summed E-state index contributed by atoms with van der Waals surface area (Å²) in [6.45, 7) is 2.28. The fraction of sp³-hybridized carbons (Fsp3) is 0.316. The second kappa shape index (κ2) is 8.44. The number of aromatic nitrogens is 1. The smallest absolute Gasteiger partial charge is 0.150 e. The summed E-state index contributed by atoms with van der Waals surface area (Å²) in [6, 6.07) is 11.3. The number of hydrazone groups is 1. The van der Waals surface area contributed by atoms with E-state index in [0.29, 0.717) is 17.9 Å². The molecule has 1 aliphatic heterocycles. The number of piperidine rings is 1. The predicted octanol–water partition coefficient (Wildman–Crippen LogP) is 1.49. The van der Waals surface area contributed by atoms with Gasteiger partial charge in [0.15, 0.2) is 0 Å². The lowest BCUT2D eigenvalue weighted by molar-refractivity contribution is 0.112. The molecule has 7 nitrogen and oxygen atoms in total. The van der Waals surface area contributed by atoms with Crippen molar-refractivity contribution in [1.82, 2.24) is 15.7 Å². The first-order valence-corrected chi connectivity index (χ1v) is 8.71. The van der Waals surface area contributed by atoms with Gasteiger partial charge in [0.1, 0.15) is 12.1 Å². The zero-order valence-electron chi connectivity index (χ0n) is 14.6. The van der Waals surface area contributed by atoms with Crippen LogP contribution in [0.15, 0.2) is 53.9 Å². The van der Waals surface area contributed by atoms with E-state index in [-0.39, 0.29) is 0 Å². The number of nitrogens with two attached hydrogens (primary N) is 1. The SMILES string of the molecule is N/C(=N\NCc1ccncc1)C1(Nc2cccc(C=O)c2)CCNCC1. The van der Waals surface area contributed by atoms with Gasteiger partial charge >= 0.3 is 0 Å². The van der Waals surface area contributed by atoms with Gasteiger partial charge in [0.05, 0.1) is 12.1 Å². The molecular formula is C19H24N6O. The molecule has 0 amide bonds. The highest BCUT2D eigenvalue weighted by atomic mass is 16.1. The number of benzene rings is 1. The lowest BCUT2D eigenvalue weighted by Crippen LogP contribution is -2.56. The standard InChI is InChI=1S/C19H24N6O/c20-18(25-23-13-15-4-8-21-9-5-15)19(6-10-22-11-7-19)24-17-3-1-2-16(12-17)14-26/h1-5,8-9,12,14,22-24H,6-7,10-11,13H2,(H2,20,25). The lowest BCUT2D eigenvalue weighted by atomic mass is 9.86. The normalized spacial score (nSPS) is 16.7. The maximum Gasteiger partial charge on any atom is 0.150 e. The summed E-state index contributed by atoms with van der Waals surface area (Å²) in [6.07, 6.45) is 5.96. The molecule has 3 rings (SSSR count). The lowest BCUT2D eigenvalue weighted by Gasteiger charge is -2.38. The monoisotopic (exact) mass is 352 g/mol. The van der Waals surface area contributed by atoms with Crippen molar-refractivity contribution < 1.29 is 4.79 Å². The minimum Gasteiger partial charge on any atom is -0.384 e. The number of rotatable bonds is 7. The number of amidine groups is 1. The second-order valence-electron chi connectivity index (χ2n) is 6.39. The zero-order chi connectivity index (χ0) is 18.2. The quantitative estimate of drug-likeness (QED) is 0.260. The topological polar surface area (TPSA) is 104 Å². The van der Waals surface area contributed by atoms with Crippen LogP contribution >= 0.6 is 0 Å². The first kappa shape index (κ1) is 17.9. The van der Waals surface area contributed by atoms with Crippen LogP contribution in [0, 0.1) is 0 Å². The Balaban J connectivity index is 1.75. The Morgan fingerprint density at radius 2 is 2.04 bits per heavy atom. The number of carbonyl (C=O) groups excluding carboxylic acids is 1. The van der Waals surface area contributed by atoms with Crippen LogP contribution in [0.3, 0.4) is 0 Å². The van der Waals surface area contributed by atoms with Crippen LogP contribution in [-0.4, -0.2) is 35.7 Å². The van der Waals surface area contributed by atoms with Crippen LogP contribution in [0.4, 0.5) is 5.69 Å². The number of hydrogen-bond donors (Lipinski definition) is 4. The van der Waals surface area contributed by atoms with E-state index >= 15 is 0 Å². The number of hydrogen-bond acceptors (Lipinski definition) is 6. The summed E-state index contributed by atoms with van der Waals surface area (Å²) >= 11 is 0. The van der Waals surface area contributed by atoms with Crippen LogP contribution in [0.25, 0.3) is 0 Å². The molecular weight excluding hydrogens is 328 g/mol. The van der Waals surface area contributed by atoms with Crippen molar-refractivity contribution in [3.63, 3.8) is 0 Å². The largest absolute Gasteiger partial charge is 0.384 e. The molecule has 1 saturated heterocycles. The van der Waals surface area contributed by atoms with Crippen molar-refractivity contribution in [3.8, 4) is 0 Å². The van der Waals surface area contributed by atoms with Crippen LogP contribution in [0.5, 0.6) is 0 Å². The molecule has 5 N–H and O–H groups in total. The third-order valence-corrected chi connectivity index (χ3v) is 4.59. The molecule has 26 heavy (non-hydrogen) atoms. The zero-order valence-corrected chi connectivity index (χ0v) is 14.6. The summed E-state index contributed by atoms with van der Waals surface area (Å²) < 4.78 is 0. The van der Waals surface area contributed by atoms with Gasteiger partial charge in [-0.3, -0.25) is 9.78 Å². The molecule has 2 heterocycles. The molecule has 0 aliphatic carbocycles. The van der Waals surface area contributed by atoms with Crippen molar-refractivity contribution in [3.05, 3.63) is 59.9 Å². The third-order valence-electron chi connectivity index (χ3n) is 4.59. The van der Waals surface area contributed by atoms with Gasteiger partial charge in [-0.25, -0.2) is 0 Å². The Morgan fingerprint density at radius 1 is 1.27 bits per heavy atom. The Bertz CT molecular complexity index is 756. The van der Waals surface area contributed by atoms with Gasteiger partial charge in [-0.1, -0.05) is 12.1 Å². The number of pyridine rings is 1. The molecule has 0 radical (unpaired) electrons. The Labute approximate surface area is 153 Å². The van der Waals surface area contributed by atoms with Gasteiger partial charge in [0.2, 0.25) is 0 Å². The fourth-order valence-electron chi connectivity index (χ4n) is 3.09. The number of anilines is 1. The molecule has 1 aromatic heterocycles. The van der Waals surface area contributed by atoms with Gasteiger partial charge < -0.3 is 21.8 Å².